The third-order valence-electron chi connectivity index (χ3n) is 6.59. The zero-order chi connectivity index (χ0) is 23.9. The summed E-state index contributed by atoms with van der Waals surface area (Å²) in [7, 11) is 0. The maximum absolute atomic E-state index is 12.9. The molecule has 3 aromatic heterocycles. The summed E-state index contributed by atoms with van der Waals surface area (Å²) in [5.41, 5.74) is 1.89. The minimum Gasteiger partial charge on any atom is -0.353 e. The first-order chi connectivity index (χ1) is 16.3. The Labute approximate surface area is 198 Å². The number of hydrogen-bond donors (Lipinski definition) is 0. The Morgan fingerprint density at radius 3 is 2.62 bits per heavy atom. The molecule has 0 bridgehead atoms. The van der Waals surface area contributed by atoms with Gasteiger partial charge in [-0.25, -0.2) is 13.9 Å². The fourth-order valence-corrected chi connectivity index (χ4v) is 4.57. The van der Waals surface area contributed by atoms with Crippen LogP contribution in [0.25, 0.3) is 17.2 Å². The molecule has 0 N–H and O–H groups in total. The van der Waals surface area contributed by atoms with Crippen LogP contribution in [-0.4, -0.2) is 41.9 Å². The van der Waals surface area contributed by atoms with E-state index in [2.05, 4.69) is 60.0 Å². The smallest absolute Gasteiger partial charge is 0.352 e. The molecule has 0 amide bonds. The summed E-state index contributed by atoms with van der Waals surface area (Å²) in [6.45, 7) is 9.80. The number of aromatic nitrogens is 6. The Morgan fingerprint density at radius 2 is 1.88 bits per heavy atom. The van der Waals surface area contributed by atoms with Crippen LogP contribution in [0.2, 0.25) is 0 Å². The van der Waals surface area contributed by atoms with Gasteiger partial charge in [0.2, 0.25) is 11.7 Å². The number of anilines is 1. The number of piperidine rings is 1. The highest BCUT2D eigenvalue weighted by Crippen LogP contribution is 2.26. The summed E-state index contributed by atoms with van der Waals surface area (Å²) in [4.78, 5) is 24.4. The SMILES string of the molecule is CCC1CCCCN1c1ccn2c(=O)n(Cc3nc(-c4ccc(C(C)(C)C)cc4)no3)nc2n1. The van der Waals surface area contributed by atoms with E-state index in [1.54, 1.807) is 6.20 Å². The second kappa shape index (κ2) is 8.70. The number of fused-ring (bicyclic) bond motifs is 1. The van der Waals surface area contributed by atoms with Gasteiger partial charge in [0.05, 0.1) is 0 Å². The normalized spacial score (nSPS) is 16.9. The molecule has 1 atom stereocenters. The largest absolute Gasteiger partial charge is 0.353 e. The van der Waals surface area contributed by atoms with Gasteiger partial charge >= 0.3 is 5.69 Å². The predicted molar refractivity (Wildman–Crippen MR) is 130 cm³/mol. The van der Waals surface area contributed by atoms with E-state index in [0.717, 1.165) is 30.8 Å². The molecular weight excluding hydrogens is 430 g/mol. The number of rotatable bonds is 5. The quantitative estimate of drug-likeness (QED) is 0.442. The van der Waals surface area contributed by atoms with Crippen molar-refractivity contribution in [2.45, 2.75) is 71.4 Å². The molecule has 1 aliphatic heterocycles. The first kappa shape index (κ1) is 22.3. The molecule has 0 spiro atoms. The van der Waals surface area contributed by atoms with Crippen LogP contribution in [0.15, 0.2) is 45.8 Å². The molecule has 1 unspecified atom stereocenters. The van der Waals surface area contributed by atoms with Crippen LogP contribution in [0.5, 0.6) is 0 Å². The van der Waals surface area contributed by atoms with Gasteiger partial charge in [-0.3, -0.25) is 0 Å². The second-order valence-corrected chi connectivity index (χ2v) is 9.99. The molecule has 0 radical (unpaired) electrons. The maximum Gasteiger partial charge on any atom is 0.352 e. The molecular formula is C25H31N7O2. The topological polar surface area (TPSA) is 94.3 Å². The first-order valence-electron chi connectivity index (χ1n) is 12.0. The van der Waals surface area contributed by atoms with Crippen molar-refractivity contribution in [2.24, 2.45) is 0 Å². The lowest BCUT2D eigenvalue weighted by molar-refractivity contribution is 0.364. The van der Waals surface area contributed by atoms with Crippen molar-refractivity contribution in [2.75, 3.05) is 11.4 Å². The van der Waals surface area contributed by atoms with E-state index in [0.29, 0.717) is 23.5 Å². The first-order valence-corrected chi connectivity index (χ1v) is 12.0. The van der Waals surface area contributed by atoms with Crippen molar-refractivity contribution < 1.29 is 4.52 Å². The Morgan fingerprint density at radius 1 is 1.09 bits per heavy atom. The number of hydrogen-bond acceptors (Lipinski definition) is 7. The molecule has 5 rings (SSSR count). The second-order valence-electron chi connectivity index (χ2n) is 9.99. The number of benzene rings is 1. The van der Waals surface area contributed by atoms with E-state index in [1.165, 1.54) is 27.5 Å². The third-order valence-corrected chi connectivity index (χ3v) is 6.59. The summed E-state index contributed by atoms with van der Waals surface area (Å²) in [5, 5.41) is 8.53. The van der Waals surface area contributed by atoms with Gasteiger partial charge in [0, 0.05) is 24.3 Å². The molecule has 9 nitrogen and oxygen atoms in total. The van der Waals surface area contributed by atoms with Crippen molar-refractivity contribution in [1.29, 1.82) is 0 Å². The highest BCUT2D eigenvalue weighted by Gasteiger charge is 2.23. The van der Waals surface area contributed by atoms with Crippen LogP contribution in [0, 0.1) is 0 Å². The molecule has 4 aromatic rings. The van der Waals surface area contributed by atoms with E-state index >= 15 is 0 Å². The molecule has 1 aliphatic rings. The minimum absolute atomic E-state index is 0.0740. The highest BCUT2D eigenvalue weighted by atomic mass is 16.5. The van der Waals surface area contributed by atoms with E-state index in [-0.39, 0.29) is 17.6 Å². The van der Waals surface area contributed by atoms with Gasteiger partial charge in [0.15, 0.2) is 0 Å². The molecule has 178 valence electrons. The molecule has 4 heterocycles. The number of nitrogens with zero attached hydrogens (tertiary/aromatic N) is 7. The van der Waals surface area contributed by atoms with Gasteiger partial charge in [-0.15, -0.1) is 5.10 Å². The average molecular weight is 462 g/mol. The summed E-state index contributed by atoms with van der Waals surface area (Å²) >= 11 is 0. The molecule has 0 aliphatic carbocycles. The molecule has 1 saturated heterocycles. The Kier molecular flexibility index (Phi) is 5.71. The summed E-state index contributed by atoms with van der Waals surface area (Å²) in [5.74, 6) is 2.06. The van der Waals surface area contributed by atoms with Gasteiger partial charge in [0.1, 0.15) is 12.4 Å². The van der Waals surface area contributed by atoms with E-state index in [4.69, 9.17) is 9.51 Å². The van der Waals surface area contributed by atoms with Crippen molar-refractivity contribution >= 4 is 11.6 Å². The molecule has 34 heavy (non-hydrogen) atoms. The monoisotopic (exact) mass is 461 g/mol. The van der Waals surface area contributed by atoms with Gasteiger partial charge in [-0.2, -0.15) is 9.97 Å². The van der Waals surface area contributed by atoms with Crippen LogP contribution in [0.1, 0.15) is 64.8 Å². The lowest BCUT2D eigenvalue weighted by Gasteiger charge is -2.36. The molecule has 0 saturated carbocycles. The van der Waals surface area contributed by atoms with Crippen LogP contribution in [0.3, 0.4) is 0 Å². The lowest BCUT2D eigenvalue weighted by Crippen LogP contribution is -2.39. The minimum atomic E-state index is -0.283. The van der Waals surface area contributed by atoms with E-state index in [1.807, 2.05) is 18.2 Å². The lowest BCUT2D eigenvalue weighted by atomic mass is 9.87. The van der Waals surface area contributed by atoms with Gasteiger partial charge < -0.3 is 9.42 Å². The van der Waals surface area contributed by atoms with E-state index < -0.39 is 0 Å². The Balaban J connectivity index is 1.38. The van der Waals surface area contributed by atoms with Crippen molar-refractivity contribution in [3.05, 3.63) is 58.5 Å². The average Bonchev–Trinajstić information content (AvgIpc) is 3.43. The zero-order valence-electron chi connectivity index (χ0n) is 20.2. The summed E-state index contributed by atoms with van der Waals surface area (Å²) < 4.78 is 8.19. The van der Waals surface area contributed by atoms with Crippen LogP contribution in [0.4, 0.5) is 5.82 Å². The zero-order valence-corrected chi connectivity index (χ0v) is 20.2. The molecule has 1 fully saturated rings. The van der Waals surface area contributed by atoms with Gasteiger partial charge in [-0.05, 0) is 42.7 Å². The fourth-order valence-electron chi connectivity index (χ4n) is 4.57. The van der Waals surface area contributed by atoms with Crippen molar-refractivity contribution in [3.63, 3.8) is 0 Å². The van der Waals surface area contributed by atoms with Crippen molar-refractivity contribution in [1.82, 2.24) is 29.3 Å². The fraction of sp³-hybridized carbons (Fsp3) is 0.480. The predicted octanol–water partition coefficient (Wildman–Crippen LogP) is 4.06. The van der Waals surface area contributed by atoms with Gasteiger partial charge in [-0.1, -0.05) is 57.1 Å². The maximum atomic E-state index is 12.9. The van der Waals surface area contributed by atoms with Gasteiger partial charge in [0.25, 0.3) is 5.78 Å². The standard InChI is InChI=1S/C25H31N7O2/c1-5-19-8-6-7-14-30(19)20-13-15-31-23(26-20)28-32(24(31)33)16-21-27-22(29-34-21)17-9-11-18(12-10-17)25(2,3)4/h9-13,15,19H,5-8,14,16H2,1-4H3. The van der Waals surface area contributed by atoms with Crippen LogP contribution < -0.4 is 10.6 Å². The Hall–Kier alpha value is -3.49. The molecule has 1 aromatic carbocycles. The highest BCUT2D eigenvalue weighted by molar-refractivity contribution is 5.55. The van der Waals surface area contributed by atoms with E-state index in [9.17, 15) is 4.79 Å². The Bertz CT molecular complexity index is 1340. The summed E-state index contributed by atoms with van der Waals surface area (Å²) in [6, 6.07) is 10.5. The third kappa shape index (κ3) is 4.22. The molecule has 9 heteroatoms. The van der Waals surface area contributed by atoms with Crippen molar-refractivity contribution in [3.8, 4) is 11.4 Å². The summed E-state index contributed by atoms with van der Waals surface area (Å²) in [6.07, 6.45) is 6.40. The van der Waals surface area contributed by atoms with Crippen LogP contribution in [-0.2, 0) is 12.0 Å². The van der Waals surface area contributed by atoms with Crippen LogP contribution >= 0.6 is 0 Å².